The van der Waals surface area contributed by atoms with E-state index in [4.69, 9.17) is 11.6 Å². The van der Waals surface area contributed by atoms with Crippen LogP contribution in [0.4, 0.5) is 0 Å². The Morgan fingerprint density at radius 1 is 1.14 bits per heavy atom. The standard InChI is InChI=1S/C15H14ClNO5/c1-8-4-9(16)2-3-10(8)11(18)17-6-14(12(19)20)5-15(14,7-17)13(21)22/h2-4H,5-7H2,1H3,(H,19,20)(H,21,22)/t14-,15+. The second-order valence-corrected chi connectivity index (χ2v) is 6.51. The molecule has 6 nitrogen and oxygen atoms in total. The van der Waals surface area contributed by atoms with E-state index in [0.29, 0.717) is 16.1 Å². The number of nitrogens with zero attached hydrogens (tertiary/aromatic N) is 1. The van der Waals surface area contributed by atoms with Crippen molar-refractivity contribution < 1.29 is 24.6 Å². The van der Waals surface area contributed by atoms with Crippen molar-refractivity contribution in [3.63, 3.8) is 0 Å². The summed E-state index contributed by atoms with van der Waals surface area (Å²) in [5.74, 6) is -2.67. The highest BCUT2D eigenvalue weighted by atomic mass is 35.5. The summed E-state index contributed by atoms with van der Waals surface area (Å²) in [5.41, 5.74) is -1.62. The Labute approximate surface area is 131 Å². The lowest BCUT2D eigenvalue weighted by atomic mass is 9.97. The summed E-state index contributed by atoms with van der Waals surface area (Å²) in [5, 5.41) is 19.2. The molecule has 0 radical (unpaired) electrons. The van der Waals surface area contributed by atoms with Gasteiger partial charge in [0.1, 0.15) is 10.8 Å². The number of benzene rings is 1. The van der Waals surface area contributed by atoms with E-state index >= 15 is 0 Å². The van der Waals surface area contributed by atoms with Crippen molar-refractivity contribution in [2.45, 2.75) is 13.3 Å². The number of rotatable bonds is 3. The van der Waals surface area contributed by atoms with Crippen LogP contribution in [0.3, 0.4) is 0 Å². The topological polar surface area (TPSA) is 94.9 Å². The monoisotopic (exact) mass is 323 g/mol. The molecule has 2 atom stereocenters. The first-order valence-corrected chi connectivity index (χ1v) is 7.13. The molecular weight excluding hydrogens is 310 g/mol. The third-order valence-electron chi connectivity index (χ3n) is 4.84. The Kier molecular flexibility index (Phi) is 3.01. The number of halogens is 1. The lowest BCUT2D eigenvalue weighted by Gasteiger charge is -2.21. The number of likely N-dealkylation sites (tertiary alicyclic amines) is 1. The molecule has 22 heavy (non-hydrogen) atoms. The number of aliphatic carboxylic acids is 2. The van der Waals surface area contributed by atoms with Gasteiger partial charge in [-0.1, -0.05) is 11.6 Å². The van der Waals surface area contributed by atoms with Crippen LogP contribution in [0.5, 0.6) is 0 Å². The minimum atomic E-state index is -1.35. The van der Waals surface area contributed by atoms with Gasteiger partial charge in [0.2, 0.25) is 0 Å². The van der Waals surface area contributed by atoms with Gasteiger partial charge in [-0.15, -0.1) is 0 Å². The minimum absolute atomic E-state index is 0.0739. The van der Waals surface area contributed by atoms with Crippen LogP contribution in [0, 0.1) is 17.8 Å². The number of hydrogen-bond acceptors (Lipinski definition) is 3. The van der Waals surface area contributed by atoms with Gasteiger partial charge in [0, 0.05) is 23.7 Å². The quantitative estimate of drug-likeness (QED) is 0.882. The number of aryl methyl sites for hydroxylation is 1. The van der Waals surface area contributed by atoms with Gasteiger partial charge < -0.3 is 15.1 Å². The molecule has 2 aliphatic rings. The van der Waals surface area contributed by atoms with Gasteiger partial charge in [0.15, 0.2) is 0 Å². The number of amides is 1. The summed E-state index contributed by atoms with van der Waals surface area (Å²) < 4.78 is 0. The number of carboxylic acids is 2. The molecule has 1 saturated heterocycles. The van der Waals surface area contributed by atoms with Crippen molar-refractivity contribution in [2.75, 3.05) is 13.1 Å². The van der Waals surface area contributed by atoms with E-state index in [1.807, 2.05) is 0 Å². The average Bonchev–Trinajstić information content (AvgIpc) is 2.97. The van der Waals surface area contributed by atoms with Crippen molar-refractivity contribution in [3.05, 3.63) is 34.3 Å². The van der Waals surface area contributed by atoms with E-state index in [0.717, 1.165) is 0 Å². The first-order valence-electron chi connectivity index (χ1n) is 6.76. The Balaban J connectivity index is 1.91. The van der Waals surface area contributed by atoms with Crippen molar-refractivity contribution in [2.24, 2.45) is 10.8 Å². The second-order valence-electron chi connectivity index (χ2n) is 6.07. The molecule has 0 unspecified atom stereocenters. The number of hydrogen-bond donors (Lipinski definition) is 2. The van der Waals surface area contributed by atoms with Crippen LogP contribution in [0.15, 0.2) is 18.2 Å². The predicted molar refractivity (Wildman–Crippen MR) is 76.8 cm³/mol. The van der Waals surface area contributed by atoms with Crippen molar-refractivity contribution in [1.82, 2.24) is 4.90 Å². The molecule has 0 spiro atoms. The maximum Gasteiger partial charge on any atom is 0.312 e. The Morgan fingerprint density at radius 2 is 1.68 bits per heavy atom. The highest BCUT2D eigenvalue weighted by Crippen LogP contribution is 2.68. The fourth-order valence-electron chi connectivity index (χ4n) is 3.47. The number of fused-ring (bicyclic) bond motifs is 1. The van der Waals surface area contributed by atoms with E-state index in [9.17, 15) is 24.6 Å². The molecule has 1 saturated carbocycles. The second kappa shape index (κ2) is 4.46. The zero-order valence-electron chi connectivity index (χ0n) is 11.8. The average molecular weight is 324 g/mol. The highest BCUT2D eigenvalue weighted by Gasteiger charge is 2.81. The molecule has 0 aromatic heterocycles. The smallest absolute Gasteiger partial charge is 0.312 e. The molecule has 1 aromatic carbocycles. The highest BCUT2D eigenvalue weighted by molar-refractivity contribution is 6.30. The first-order chi connectivity index (χ1) is 10.2. The zero-order chi connectivity index (χ0) is 16.3. The van der Waals surface area contributed by atoms with Crippen LogP contribution in [0.1, 0.15) is 22.3 Å². The molecule has 1 heterocycles. The van der Waals surface area contributed by atoms with Gasteiger partial charge in [-0.05, 0) is 37.1 Å². The molecule has 1 aliphatic heterocycles. The minimum Gasteiger partial charge on any atom is -0.481 e. The number of carbonyl (C=O) groups excluding carboxylic acids is 1. The number of carboxylic acid groups (broad SMARTS) is 2. The maximum absolute atomic E-state index is 12.6. The van der Waals surface area contributed by atoms with Crippen LogP contribution >= 0.6 is 11.6 Å². The Bertz CT molecular complexity index is 690. The molecule has 1 aromatic rings. The summed E-state index contributed by atoms with van der Waals surface area (Å²) in [6.45, 7) is 1.58. The first kappa shape index (κ1) is 14.8. The third kappa shape index (κ3) is 1.76. The van der Waals surface area contributed by atoms with Crippen molar-refractivity contribution in [3.8, 4) is 0 Å². The van der Waals surface area contributed by atoms with Gasteiger partial charge in [-0.2, -0.15) is 0 Å². The van der Waals surface area contributed by atoms with Crippen molar-refractivity contribution in [1.29, 1.82) is 0 Å². The van der Waals surface area contributed by atoms with Crippen LogP contribution < -0.4 is 0 Å². The maximum atomic E-state index is 12.6. The predicted octanol–water partition coefficient (Wildman–Crippen LogP) is 1.65. The summed E-state index contributed by atoms with van der Waals surface area (Å²) in [7, 11) is 0. The molecule has 116 valence electrons. The van der Waals surface area contributed by atoms with E-state index in [1.165, 1.54) is 4.90 Å². The molecule has 0 bridgehead atoms. The summed E-state index contributed by atoms with van der Waals surface area (Å²) in [4.78, 5) is 36.8. The van der Waals surface area contributed by atoms with Crippen LogP contribution in [-0.2, 0) is 9.59 Å². The molecule has 3 rings (SSSR count). The van der Waals surface area contributed by atoms with Gasteiger partial charge in [0.25, 0.3) is 5.91 Å². The SMILES string of the molecule is Cc1cc(Cl)ccc1C(=O)N1C[C@@]2(C(=O)O)C[C@@]2(C(=O)O)C1. The van der Waals surface area contributed by atoms with Crippen molar-refractivity contribution >= 4 is 29.4 Å². The van der Waals surface area contributed by atoms with Crippen LogP contribution in [-0.4, -0.2) is 46.0 Å². The fraction of sp³-hybridized carbons (Fsp3) is 0.400. The summed E-state index contributed by atoms with van der Waals surface area (Å²) >= 11 is 5.86. The van der Waals surface area contributed by atoms with Gasteiger partial charge in [-0.25, -0.2) is 0 Å². The molecule has 2 N–H and O–H groups in total. The lowest BCUT2D eigenvalue weighted by molar-refractivity contribution is -0.151. The Hall–Kier alpha value is -2.08. The molecule has 2 fully saturated rings. The summed E-state index contributed by atoms with van der Waals surface area (Å²) in [6.07, 6.45) is 0.0774. The summed E-state index contributed by atoms with van der Waals surface area (Å²) in [6, 6.07) is 4.80. The van der Waals surface area contributed by atoms with E-state index in [1.54, 1.807) is 25.1 Å². The number of carbonyl (C=O) groups is 3. The normalized spacial score (nSPS) is 29.1. The fourth-order valence-corrected chi connectivity index (χ4v) is 3.70. The molecule has 1 aliphatic carbocycles. The van der Waals surface area contributed by atoms with Gasteiger partial charge in [0.05, 0.1) is 0 Å². The molecule has 7 heteroatoms. The van der Waals surface area contributed by atoms with E-state index in [-0.39, 0.29) is 25.4 Å². The Morgan fingerprint density at radius 3 is 2.14 bits per heavy atom. The molecular formula is C15H14ClNO5. The van der Waals surface area contributed by atoms with Gasteiger partial charge in [-0.3, -0.25) is 14.4 Å². The zero-order valence-corrected chi connectivity index (χ0v) is 12.6. The molecule has 1 amide bonds. The third-order valence-corrected chi connectivity index (χ3v) is 5.08. The van der Waals surface area contributed by atoms with E-state index in [2.05, 4.69) is 0 Å². The van der Waals surface area contributed by atoms with Crippen LogP contribution in [0.2, 0.25) is 5.02 Å². The van der Waals surface area contributed by atoms with E-state index < -0.39 is 22.8 Å². The van der Waals surface area contributed by atoms with Gasteiger partial charge >= 0.3 is 11.9 Å². The largest absolute Gasteiger partial charge is 0.481 e. The lowest BCUT2D eigenvalue weighted by Crippen LogP contribution is -2.34. The number of piperidine rings is 1. The van der Waals surface area contributed by atoms with Crippen LogP contribution in [0.25, 0.3) is 0 Å².